The van der Waals surface area contributed by atoms with E-state index in [1.807, 2.05) is 0 Å². The van der Waals surface area contributed by atoms with Crippen LogP contribution in [0.1, 0.15) is 32.1 Å². The van der Waals surface area contributed by atoms with E-state index in [0.29, 0.717) is 0 Å². The molecular formula is C10H15Ir. The Morgan fingerprint density at radius 2 is 1.18 bits per heavy atom. The second-order valence-corrected chi connectivity index (χ2v) is 6.44. The molecule has 0 heterocycles. The Kier molecular flexibility index (Phi) is 1.50. The van der Waals surface area contributed by atoms with Crippen molar-refractivity contribution in [3.8, 4) is 0 Å². The molecule has 0 spiro atoms. The van der Waals surface area contributed by atoms with E-state index in [0.717, 1.165) is 28.1 Å². The zero-order valence-electron chi connectivity index (χ0n) is 6.76. The van der Waals surface area contributed by atoms with Crippen LogP contribution in [-0.2, 0) is 18.9 Å². The Hall–Kier alpha value is 0.649. The summed E-state index contributed by atoms with van der Waals surface area (Å²) < 4.78 is 1.09. The number of hydrogen-bond donors (Lipinski definition) is 0. The van der Waals surface area contributed by atoms with Gasteiger partial charge >= 0.3 is 79.1 Å². The van der Waals surface area contributed by atoms with Crippen LogP contribution in [0.15, 0.2) is 0 Å². The van der Waals surface area contributed by atoms with Crippen molar-refractivity contribution < 1.29 is 18.9 Å². The molecule has 0 radical (unpaired) electrons. The third-order valence-corrected chi connectivity index (χ3v) is 6.33. The van der Waals surface area contributed by atoms with Gasteiger partial charge in [0.25, 0.3) is 0 Å². The molecular weight excluding hydrogens is 312 g/mol. The molecule has 4 bridgehead atoms. The minimum absolute atomic E-state index is 1.09. The van der Waals surface area contributed by atoms with Crippen molar-refractivity contribution in [1.82, 2.24) is 0 Å². The van der Waals surface area contributed by atoms with Gasteiger partial charge in [-0.2, -0.15) is 0 Å². The van der Waals surface area contributed by atoms with Crippen LogP contribution in [0.2, 0.25) is 4.43 Å². The second kappa shape index (κ2) is 2.33. The zero-order chi connectivity index (χ0) is 7.42. The second-order valence-electron chi connectivity index (χ2n) is 4.85. The summed E-state index contributed by atoms with van der Waals surface area (Å²) in [5.74, 6) is 4.61. The van der Waals surface area contributed by atoms with Gasteiger partial charge in [-0.05, 0) is 0 Å². The maximum atomic E-state index is 2.51. The van der Waals surface area contributed by atoms with Gasteiger partial charge in [-0.1, -0.05) is 0 Å². The molecule has 0 aromatic carbocycles. The number of hydrogen-bond acceptors (Lipinski definition) is 0. The van der Waals surface area contributed by atoms with Crippen LogP contribution in [0.3, 0.4) is 0 Å². The van der Waals surface area contributed by atoms with E-state index in [1.54, 1.807) is 32.1 Å². The van der Waals surface area contributed by atoms with Crippen molar-refractivity contribution in [2.75, 3.05) is 0 Å². The quantitative estimate of drug-likeness (QED) is 0.642. The molecule has 0 aliphatic heterocycles. The topological polar surface area (TPSA) is 0 Å². The molecule has 11 heavy (non-hydrogen) atoms. The summed E-state index contributed by atoms with van der Waals surface area (Å²) in [5, 5.41) is 0. The monoisotopic (exact) mass is 328 g/mol. The van der Waals surface area contributed by atoms with Crippen LogP contribution in [0.4, 0.5) is 0 Å². The van der Waals surface area contributed by atoms with Gasteiger partial charge in [-0.15, -0.1) is 0 Å². The fourth-order valence-electron chi connectivity index (χ4n) is 3.83. The Balaban J connectivity index is 1.91. The predicted molar refractivity (Wildman–Crippen MR) is 40.8 cm³/mol. The summed E-state index contributed by atoms with van der Waals surface area (Å²) in [7, 11) is 0. The maximum absolute atomic E-state index is 2.51. The number of rotatable bonds is 0. The van der Waals surface area contributed by atoms with Gasteiger partial charge in [0, 0.05) is 0 Å². The van der Waals surface area contributed by atoms with Crippen LogP contribution in [-0.4, -0.2) is 0 Å². The van der Waals surface area contributed by atoms with E-state index in [4.69, 9.17) is 0 Å². The summed E-state index contributed by atoms with van der Waals surface area (Å²) in [6.45, 7) is 0. The summed E-state index contributed by atoms with van der Waals surface area (Å²) in [4.78, 5) is 0. The van der Waals surface area contributed by atoms with E-state index in [-0.39, 0.29) is 0 Å². The standard InChI is InChI=1S/C10H15.Ir/c1-7-2-9-4-8(1)5-10(3-7)6-9;/h1,7-10H,2-6H2;. The summed E-state index contributed by atoms with van der Waals surface area (Å²) in [5.41, 5.74) is 0. The Bertz CT molecular complexity index is 148. The summed E-state index contributed by atoms with van der Waals surface area (Å²) in [6.07, 6.45) is 7.96. The molecule has 4 saturated carbocycles. The Morgan fingerprint density at radius 1 is 0.727 bits per heavy atom. The van der Waals surface area contributed by atoms with Gasteiger partial charge in [0.1, 0.15) is 0 Å². The third-order valence-electron chi connectivity index (χ3n) is 4.07. The molecule has 0 saturated heterocycles. The zero-order valence-corrected chi connectivity index (χ0v) is 9.15. The van der Waals surface area contributed by atoms with Crippen molar-refractivity contribution in [3.05, 3.63) is 0 Å². The van der Waals surface area contributed by atoms with E-state index >= 15 is 0 Å². The van der Waals surface area contributed by atoms with Gasteiger partial charge in [-0.25, -0.2) is 0 Å². The van der Waals surface area contributed by atoms with E-state index in [9.17, 15) is 0 Å². The minimum atomic E-state index is 1.09. The summed E-state index contributed by atoms with van der Waals surface area (Å²) in [6, 6.07) is 0. The first-order valence-electron chi connectivity index (χ1n) is 4.94. The molecule has 4 fully saturated rings. The average molecular weight is 327 g/mol. The molecule has 4 rings (SSSR count). The van der Waals surface area contributed by atoms with Gasteiger partial charge in [0.2, 0.25) is 0 Å². The molecule has 0 N–H and O–H groups in total. The van der Waals surface area contributed by atoms with Crippen LogP contribution in [0, 0.1) is 23.7 Å². The molecule has 1 heteroatoms. The van der Waals surface area contributed by atoms with Crippen molar-refractivity contribution in [3.63, 3.8) is 0 Å². The molecule has 0 atom stereocenters. The third kappa shape index (κ3) is 0.971. The van der Waals surface area contributed by atoms with Crippen molar-refractivity contribution >= 4 is 0 Å². The fourth-order valence-corrected chi connectivity index (χ4v) is 5.14. The fraction of sp³-hybridized carbons (Fsp3) is 1.00. The van der Waals surface area contributed by atoms with Gasteiger partial charge in [0.05, 0.1) is 0 Å². The van der Waals surface area contributed by atoms with Crippen LogP contribution in [0.25, 0.3) is 0 Å². The molecule has 0 unspecified atom stereocenters. The van der Waals surface area contributed by atoms with E-state index in [2.05, 4.69) is 18.9 Å². The molecule has 4 aliphatic carbocycles. The summed E-state index contributed by atoms with van der Waals surface area (Å²) >= 11 is 2.51. The average Bonchev–Trinajstić information content (AvgIpc) is 1.98. The molecule has 4 aliphatic rings. The predicted octanol–water partition coefficient (Wildman–Crippen LogP) is 2.78. The van der Waals surface area contributed by atoms with Crippen molar-refractivity contribution in [2.24, 2.45) is 23.7 Å². The van der Waals surface area contributed by atoms with Crippen molar-refractivity contribution in [2.45, 2.75) is 36.5 Å². The van der Waals surface area contributed by atoms with Gasteiger partial charge in [0.15, 0.2) is 0 Å². The molecule has 0 amide bonds. The molecule has 0 nitrogen and oxygen atoms in total. The van der Waals surface area contributed by atoms with Gasteiger partial charge < -0.3 is 0 Å². The Labute approximate surface area is 79.3 Å². The van der Waals surface area contributed by atoms with Crippen LogP contribution >= 0.6 is 0 Å². The van der Waals surface area contributed by atoms with E-state index < -0.39 is 0 Å². The van der Waals surface area contributed by atoms with E-state index in [1.165, 1.54) is 0 Å². The first-order chi connectivity index (χ1) is 5.33. The Morgan fingerprint density at radius 3 is 1.64 bits per heavy atom. The van der Waals surface area contributed by atoms with Gasteiger partial charge in [-0.3, -0.25) is 0 Å². The molecule has 0 aromatic heterocycles. The van der Waals surface area contributed by atoms with Crippen molar-refractivity contribution in [1.29, 1.82) is 0 Å². The SMILES string of the molecule is [Ir][CH]1C2CC3CC(C2)CC1C3. The first-order valence-corrected chi connectivity index (χ1v) is 6.32. The normalized spacial score (nSPS) is 60.4. The van der Waals surface area contributed by atoms with Crippen LogP contribution in [0.5, 0.6) is 0 Å². The van der Waals surface area contributed by atoms with Crippen LogP contribution < -0.4 is 0 Å². The first kappa shape index (κ1) is 7.09. The molecule has 0 aromatic rings. The molecule has 64 valence electrons.